The van der Waals surface area contributed by atoms with E-state index in [9.17, 15) is 19.5 Å². The number of piperidine rings is 2. The number of fused-ring (bicyclic) bond motifs is 3. The van der Waals surface area contributed by atoms with Crippen molar-refractivity contribution >= 4 is 51.8 Å². The number of carbonyl (C=O) groups excluding carboxylic acids is 3. The SMILES string of the molecule is CC[C@@]1(O)CCc2ccc(-n3cc(F)c4cnc(Nc5ccc(N6CCN(C7CCN(CC8CN(c9cc%10c(cc9F)C(=O)N(C9CCC(=O)NC9=O)C%10)C8)CC7)CC6)cc5)nc43)nc21. The van der Waals surface area contributed by atoms with Gasteiger partial charge in [-0.15, -0.1) is 0 Å². The van der Waals surface area contributed by atoms with Crippen molar-refractivity contribution in [3.05, 3.63) is 94.9 Å². The number of carbonyl (C=O) groups is 3. The van der Waals surface area contributed by atoms with Gasteiger partial charge in [-0.05, 0) is 105 Å². The first kappa shape index (κ1) is 41.7. The molecule has 2 atom stereocenters. The maximum atomic E-state index is 15.4. The highest BCUT2D eigenvalue weighted by molar-refractivity contribution is 6.05. The van der Waals surface area contributed by atoms with Gasteiger partial charge in [0.2, 0.25) is 17.8 Å². The maximum absolute atomic E-state index is 15.4. The molecule has 8 heterocycles. The van der Waals surface area contributed by atoms with Crippen molar-refractivity contribution in [2.24, 2.45) is 5.92 Å². The number of halogens is 2. The van der Waals surface area contributed by atoms with Gasteiger partial charge in [0.25, 0.3) is 5.91 Å². The summed E-state index contributed by atoms with van der Waals surface area (Å²) in [6, 6.07) is 15.0. The van der Waals surface area contributed by atoms with Crippen molar-refractivity contribution < 1.29 is 28.3 Å². The number of nitrogens with zero attached hydrogens (tertiary/aromatic N) is 9. The Labute approximate surface area is 375 Å². The fourth-order valence-electron chi connectivity index (χ4n) is 11.0. The largest absolute Gasteiger partial charge is 0.384 e. The maximum Gasteiger partial charge on any atom is 0.255 e. The van der Waals surface area contributed by atoms with Crippen molar-refractivity contribution in [1.29, 1.82) is 0 Å². The lowest BCUT2D eigenvalue weighted by molar-refractivity contribution is -0.136. The summed E-state index contributed by atoms with van der Waals surface area (Å²) in [7, 11) is 0. The van der Waals surface area contributed by atoms with E-state index in [0.29, 0.717) is 64.5 Å². The Kier molecular flexibility index (Phi) is 10.5. The number of nitrogens with one attached hydrogen (secondary N) is 2. The minimum absolute atomic E-state index is 0.181. The topological polar surface area (TPSA) is 155 Å². The molecule has 17 heteroatoms. The van der Waals surface area contributed by atoms with Gasteiger partial charge in [-0.25, -0.2) is 18.7 Å². The van der Waals surface area contributed by atoms with Crippen LogP contribution in [0.2, 0.25) is 0 Å². The average molecular weight is 886 g/mol. The van der Waals surface area contributed by atoms with Gasteiger partial charge >= 0.3 is 0 Å². The highest BCUT2D eigenvalue weighted by Crippen LogP contribution is 2.39. The molecule has 15 nitrogen and oxygen atoms in total. The predicted molar refractivity (Wildman–Crippen MR) is 240 cm³/mol. The van der Waals surface area contributed by atoms with E-state index in [4.69, 9.17) is 9.97 Å². The summed E-state index contributed by atoms with van der Waals surface area (Å²) in [5.74, 6) is -0.727. The smallest absolute Gasteiger partial charge is 0.255 e. The van der Waals surface area contributed by atoms with Crippen LogP contribution in [0.3, 0.4) is 0 Å². The Hall–Kier alpha value is -6.04. The zero-order valence-corrected chi connectivity index (χ0v) is 36.5. The summed E-state index contributed by atoms with van der Waals surface area (Å²) in [5, 5.41) is 17.0. The Morgan fingerprint density at radius 3 is 2.42 bits per heavy atom. The van der Waals surface area contributed by atoms with Crippen molar-refractivity contribution in [3.63, 3.8) is 0 Å². The van der Waals surface area contributed by atoms with Gasteiger partial charge in [0.05, 0.1) is 16.8 Å². The van der Waals surface area contributed by atoms with E-state index in [1.165, 1.54) is 23.4 Å². The van der Waals surface area contributed by atoms with Crippen molar-refractivity contribution in [2.45, 2.75) is 76.1 Å². The summed E-state index contributed by atoms with van der Waals surface area (Å²) in [6.45, 7) is 10.7. The zero-order chi connectivity index (χ0) is 44.6. The summed E-state index contributed by atoms with van der Waals surface area (Å²) < 4.78 is 32.1. The molecule has 2 aromatic carbocycles. The third-order valence-corrected chi connectivity index (χ3v) is 14.8. The Bertz CT molecular complexity index is 2690. The second-order valence-electron chi connectivity index (χ2n) is 18.7. The minimum Gasteiger partial charge on any atom is -0.384 e. The summed E-state index contributed by atoms with van der Waals surface area (Å²) >= 11 is 0. The molecule has 3 N–H and O–H groups in total. The molecular formula is C48H53F2N11O4. The van der Waals surface area contributed by atoms with Crippen LogP contribution >= 0.6 is 0 Å². The van der Waals surface area contributed by atoms with Gasteiger partial charge in [0.1, 0.15) is 23.3 Å². The number of imide groups is 1. The van der Waals surface area contributed by atoms with Gasteiger partial charge in [-0.3, -0.25) is 29.2 Å². The number of aliphatic hydroxyl groups is 1. The number of benzene rings is 2. The number of anilines is 4. The fourth-order valence-corrected chi connectivity index (χ4v) is 11.0. The van der Waals surface area contributed by atoms with Crippen LogP contribution in [0.4, 0.5) is 31.8 Å². The lowest BCUT2D eigenvalue weighted by Crippen LogP contribution is -2.55. The van der Waals surface area contributed by atoms with Crippen LogP contribution in [-0.4, -0.2) is 128 Å². The predicted octanol–water partition coefficient (Wildman–Crippen LogP) is 4.86. The highest BCUT2D eigenvalue weighted by Gasteiger charge is 2.41. The van der Waals surface area contributed by atoms with E-state index in [0.717, 1.165) is 101 Å². The lowest BCUT2D eigenvalue weighted by Gasteiger charge is -2.46. The molecule has 11 rings (SSSR count). The average Bonchev–Trinajstić information content (AvgIpc) is 3.94. The lowest BCUT2D eigenvalue weighted by atomic mass is 9.95. The molecule has 3 amide bonds. The molecule has 65 heavy (non-hydrogen) atoms. The summed E-state index contributed by atoms with van der Waals surface area (Å²) in [4.78, 5) is 62.2. The second kappa shape index (κ2) is 16.4. The number of aromatic nitrogens is 4. The van der Waals surface area contributed by atoms with Gasteiger partial charge in [-0.2, -0.15) is 4.98 Å². The summed E-state index contributed by atoms with van der Waals surface area (Å²) in [5.41, 5.74) is 4.60. The molecule has 0 saturated carbocycles. The van der Waals surface area contributed by atoms with E-state index in [1.807, 2.05) is 31.2 Å². The van der Waals surface area contributed by atoms with Gasteiger partial charge in [-0.1, -0.05) is 13.0 Å². The van der Waals surface area contributed by atoms with Crippen LogP contribution in [0.1, 0.15) is 72.6 Å². The van der Waals surface area contributed by atoms with Crippen molar-refractivity contribution in [1.82, 2.24) is 39.5 Å². The molecule has 5 aliphatic heterocycles. The van der Waals surface area contributed by atoms with E-state index in [2.05, 4.69) is 47.3 Å². The van der Waals surface area contributed by atoms with Crippen molar-refractivity contribution in [2.75, 3.05) is 74.0 Å². The third-order valence-electron chi connectivity index (χ3n) is 14.8. The molecule has 4 fully saturated rings. The number of piperazine rings is 1. The van der Waals surface area contributed by atoms with Gasteiger partial charge < -0.3 is 30.0 Å². The van der Waals surface area contributed by atoms with Crippen LogP contribution in [0.5, 0.6) is 0 Å². The first-order valence-corrected chi connectivity index (χ1v) is 23.1. The number of rotatable bonds is 10. The molecule has 0 spiro atoms. The van der Waals surface area contributed by atoms with E-state index >= 15 is 8.78 Å². The molecule has 0 radical (unpaired) electrons. The van der Waals surface area contributed by atoms with E-state index in [-0.39, 0.29) is 31.2 Å². The molecule has 1 unspecified atom stereocenters. The van der Waals surface area contributed by atoms with E-state index < -0.39 is 29.2 Å². The molecule has 4 saturated heterocycles. The molecule has 338 valence electrons. The molecule has 5 aromatic rings. The second-order valence-corrected chi connectivity index (χ2v) is 18.7. The first-order chi connectivity index (χ1) is 31.5. The number of amides is 3. The standard InChI is InChI=1S/C48H53F2N11O4/c1-2-48(65)14-11-30-3-9-41(53-43(30)48)61-28-38(50)36-23-51-47(55-44(36)61)52-32-4-6-33(7-5-32)57-17-19-58(20-18-57)34-12-15-56(16-13-34)24-29-25-59(26-29)40-21-31-27-60(46(64)35(31)22-37(40)49)39-8-10-42(62)54-45(39)63/h3-7,9,21-23,28-29,34,39,65H,2,8,10-20,24-27H2,1H3,(H,51,52,55)(H,54,62,63)/t39?,48-/m1/s1. The van der Waals surface area contributed by atoms with Crippen LogP contribution in [0, 0.1) is 17.6 Å². The van der Waals surface area contributed by atoms with Crippen LogP contribution in [0.25, 0.3) is 16.9 Å². The molecule has 0 bridgehead atoms. The normalized spacial score (nSPS) is 23.3. The summed E-state index contributed by atoms with van der Waals surface area (Å²) in [6.07, 6.45) is 7.53. The number of pyridine rings is 1. The van der Waals surface area contributed by atoms with Gasteiger partial charge in [0.15, 0.2) is 11.5 Å². The molecule has 6 aliphatic rings. The monoisotopic (exact) mass is 885 g/mol. The number of hydrogen-bond donors (Lipinski definition) is 3. The molecular weight excluding hydrogens is 833 g/mol. The van der Waals surface area contributed by atoms with Crippen LogP contribution < -0.4 is 20.4 Å². The Morgan fingerprint density at radius 1 is 0.877 bits per heavy atom. The zero-order valence-electron chi connectivity index (χ0n) is 36.5. The Morgan fingerprint density at radius 2 is 1.66 bits per heavy atom. The van der Waals surface area contributed by atoms with Gasteiger partial charge in [0, 0.05) is 100 Å². The van der Waals surface area contributed by atoms with Crippen LogP contribution in [-0.2, 0) is 28.2 Å². The quantitative estimate of drug-likeness (QED) is 0.164. The Balaban J connectivity index is 0.639. The molecule has 1 aliphatic carbocycles. The van der Waals surface area contributed by atoms with Crippen molar-refractivity contribution in [3.8, 4) is 5.82 Å². The van der Waals surface area contributed by atoms with E-state index in [1.54, 1.807) is 10.6 Å². The number of aryl methyl sites for hydroxylation is 1. The number of hydrogen-bond acceptors (Lipinski definition) is 12. The van der Waals surface area contributed by atoms with Crippen LogP contribution in [0.15, 0.2) is 60.9 Å². The highest BCUT2D eigenvalue weighted by atomic mass is 19.1. The minimum atomic E-state index is -0.978. The first-order valence-electron chi connectivity index (χ1n) is 23.1. The molecule has 3 aromatic heterocycles. The fraction of sp³-hybridized carbons (Fsp3) is 0.458. The third kappa shape index (κ3) is 7.66. The number of likely N-dealkylation sites (tertiary alicyclic amines) is 1.